The number of rotatable bonds is 21. The Morgan fingerprint density at radius 1 is 0.906 bits per heavy atom. The number of aldehydes is 1. The minimum Gasteiger partial charge on any atom is -0.494 e. The molecular weight excluding hydrogens is 716 g/mol. The third-order valence-electron chi connectivity index (χ3n) is 8.33. The van der Waals surface area contributed by atoms with Crippen LogP contribution >= 0.6 is 8.15 Å². The molecule has 1 amide bonds. The molecule has 0 aliphatic carbocycles. The fraction of sp³-hybridized carbons (Fsp3) is 0.686. The maximum Gasteiger partial charge on any atom is 0.317 e. The van der Waals surface area contributed by atoms with Crippen molar-refractivity contribution >= 4 is 38.8 Å². The highest BCUT2D eigenvalue weighted by molar-refractivity contribution is 7.51. The van der Waals surface area contributed by atoms with Crippen molar-refractivity contribution in [1.82, 2.24) is 24.9 Å². The summed E-state index contributed by atoms with van der Waals surface area (Å²) in [6.07, 6.45) is 4.36. The Morgan fingerprint density at radius 3 is 2.09 bits per heavy atom. The number of hydrogen-bond acceptors (Lipinski definition) is 12. The number of alkyl halides is 1. The highest BCUT2D eigenvalue weighted by Gasteiger charge is 2.26. The number of carboxylic acids is 2. The van der Waals surface area contributed by atoms with Gasteiger partial charge < -0.3 is 45.1 Å². The van der Waals surface area contributed by atoms with Crippen molar-refractivity contribution < 1.29 is 58.4 Å². The van der Waals surface area contributed by atoms with E-state index in [1.54, 1.807) is 4.90 Å². The van der Waals surface area contributed by atoms with Gasteiger partial charge in [-0.1, -0.05) is 19.1 Å². The molecule has 1 aromatic carbocycles. The van der Waals surface area contributed by atoms with Gasteiger partial charge in [0.05, 0.1) is 32.9 Å². The molecule has 1 heterocycles. The number of amides is 1. The summed E-state index contributed by atoms with van der Waals surface area (Å²) in [5, 5.41) is 35.9. The number of carbonyl (C=O) groups excluding carboxylic acids is 2. The van der Waals surface area contributed by atoms with Crippen LogP contribution in [0.1, 0.15) is 38.2 Å². The number of aliphatic carboxylic acids is 2. The zero-order chi connectivity index (χ0) is 39.9. The van der Waals surface area contributed by atoms with Gasteiger partial charge in [-0.15, -0.1) is 0 Å². The summed E-state index contributed by atoms with van der Waals surface area (Å²) in [7, 11) is -0.271. The standard InChI is InChI=1S/C33H55FN5O8P.CH2O2.CH4O/c1-2-36-13-14-37(19-20-40)15-16-38(26-32(42)43)17-18-39(27-33(44)45)29(25-36)24-28-6-8-30(9-7-28)47-21-5-22-48(46)23-10-31(41)35-12-4-3-11-34;2-1-3;1-2/h6-9,20,29,46H,2-5,10-19,21-27H2,1H3,(H,35,41)(H,42,43)(H,44,45);1H,(H,2,3);2H,1H3. The van der Waals surface area contributed by atoms with Gasteiger partial charge in [-0.05, 0) is 56.1 Å². The van der Waals surface area contributed by atoms with E-state index >= 15 is 0 Å². The Balaban J connectivity index is 0.00000513. The quantitative estimate of drug-likeness (QED) is 0.0581. The summed E-state index contributed by atoms with van der Waals surface area (Å²) in [6.45, 7) is 6.71. The van der Waals surface area contributed by atoms with Gasteiger partial charge in [0.1, 0.15) is 12.0 Å². The van der Waals surface area contributed by atoms with Gasteiger partial charge in [0.25, 0.3) is 6.47 Å². The molecule has 0 spiro atoms. The van der Waals surface area contributed by atoms with Gasteiger partial charge in [0.2, 0.25) is 5.91 Å². The van der Waals surface area contributed by atoms with E-state index in [1.807, 2.05) is 34.1 Å². The summed E-state index contributed by atoms with van der Waals surface area (Å²) < 4.78 is 18.0. The number of nitrogens with zero attached hydrogens (tertiary/aromatic N) is 4. The van der Waals surface area contributed by atoms with Crippen LogP contribution in [0.4, 0.5) is 4.39 Å². The number of aliphatic hydroxyl groups is 1. The van der Waals surface area contributed by atoms with Gasteiger partial charge in [-0.2, -0.15) is 0 Å². The lowest BCUT2D eigenvalue weighted by molar-refractivity contribution is -0.140. The monoisotopic (exact) mass is 777 g/mol. The van der Waals surface area contributed by atoms with Crippen LogP contribution in [0.2, 0.25) is 0 Å². The maximum atomic E-state index is 12.1. The Kier molecular flexibility index (Phi) is 30.1. The highest BCUT2D eigenvalue weighted by Crippen LogP contribution is 2.31. The van der Waals surface area contributed by atoms with E-state index in [0.29, 0.717) is 103 Å². The molecule has 2 unspecified atom stereocenters. The van der Waals surface area contributed by atoms with E-state index in [4.69, 9.17) is 19.7 Å². The topological polar surface area (TPSA) is 221 Å². The number of nitrogens with one attached hydrogen (secondary N) is 1. The van der Waals surface area contributed by atoms with Crippen molar-refractivity contribution in [3.63, 3.8) is 0 Å². The minimum absolute atomic E-state index is 0.127. The number of carboxylic acid groups (broad SMARTS) is 3. The summed E-state index contributed by atoms with van der Waals surface area (Å²) in [6, 6.07) is 7.54. The Morgan fingerprint density at radius 2 is 1.51 bits per heavy atom. The second kappa shape index (κ2) is 32.1. The molecule has 0 bridgehead atoms. The van der Waals surface area contributed by atoms with Crippen LogP contribution in [0.5, 0.6) is 5.75 Å². The molecule has 1 fully saturated rings. The van der Waals surface area contributed by atoms with Gasteiger partial charge in [0.15, 0.2) is 0 Å². The van der Waals surface area contributed by atoms with Crippen LogP contribution in [0.15, 0.2) is 24.3 Å². The zero-order valence-electron chi connectivity index (χ0n) is 31.2. The molecule has 0 saturated carbocycles. The molecule has 1 aliphatic heterocycles. The highest BCUT2D eigenvalue weighted by atomic mass is 31.1. The molecule has 53 heavy (non-hydrogen) atoms. The van der Waals surface area contributed by atoms with Crippen molar-refractivity contribution in [3.8, 4) is 5.75 Å². The van der Waals surface area contributed by atoms with Crippen molar-refractivity contribution in [2.75, 3.05) is 111 Å². The van der Waals surface area contributed by atoms with E-state index in [1.165, 1.54) is 0 Å². The lowest BCUT2D eigenvalue weighted by atomic mass is 10.0. The first-order valence-corrected chi connectivity index (χ1v) is 19.5. The number of aliphatic hydroxyl groups excluding tert-OH is 1. The molecule has 1 aromatic rings. The third-order valence-corrected chi connectivity index (χ3v) is 9.91. The van der Waals surface area contributed by atoms with E-state index < -0.39 is 26.8 Å². The largest absolute Gasteiger partial charge is 0.494 e. The molecule has 0 aromatic heterocycles. The molecule has 304 valence electrons. The predicted molar refractivity (Wildman–Crippen MR) is 200 cm³/mol. The number of hydrogen-bond donors (Lipinski definition) is 6. The van der Waals surface area contributed by atoms with Crippen LogP contribution < -0.4 is 10.1 Å². The third kappa shape index (κ3) is 25.4. The summed E-state index contributed by atoms with van der Waals surface area (Å²) >= 11 is 0. The average molecular weight is 778 g/mol. The normalized spacial score (nSPS) is 17.0. The smallest absolute Gasteiger partial charge is 0.317 e. The molecule has 16 nitrogen and oxygen atoms in total. The Labute approximate surface area is 313 Å². The first-order chi connectivity index (χ1) is 25.5. The first kappa shape index (κ1) is 49.7. The van der Waals surface area contributed by atoms with E-state index in [-0.39, 0.29) is 44.5 Å². The van der Waals surface area contributed by atoms with Crippen molar-refractivity contribution in [2.24, 2.45) is 0 Å². The Bertz CT molecular complexity index is 1140. The van der Waals surface area contributed by atoms with Crippen molar-refractivity contribution in [2.45, 2.75) is 45.1 Å². The first-order valence-electron chi connectivity index (χ1n) is 17.8. The van der Waals surface area contributed by atoms with Gasteiger partial charge in [-0.3, -0.25) is 38.3 Å². The van der Waals surface area contributed by atoms with Gasteiger partial charge in [-0.25, -0.2) is 0 Å². The van der Waals surface area contributed by atoms with E-state index in [0.717, 1.165) is 25.5 Å². The number of benzene rings is 1. The second-order valence-electron chi connectivity index (χ2n) is 12.2. The lowest BCUT2D eigenvalue weighted by Gasteiger charge is -2.37. The second-order valence-corrected chi connectivity index (χ2v) is 14.1. The molecule has 6 N–H and O–H groups in total. The van der Waals surface area contributed by atoms with Crippen LogP contribution in [0.25, 0.3) is 0 Å². The molecule has 2 atom stereocenters. The van der Waals surface area contributed by atoms with Crippen molar-refractivity contribution in [3.05, 3.63) is 29.8 Å². The molecule has 2 rings (SSSR count). The molecule has 1 aliphatic rings. The molecule has 0 radical (unpaired) electrons. The summed E-state index contributed by atoms with van der Waals surface area (Å²) in [4.78, 5) is 73.3. The fourth-order valence-electron chi connectivity index (χ4n) is 5.56. The lowest BCUT2D eigenvalue weighted by Crippen LogP contribution is -2.52. The van der Waals surface area contributed by atoms with Crippen molar-refractivity contribution in [1.29, 1.82) is 0 Å². The number of ether oxygens (including phenoxy) is 1. The van der Waals surface area contributed by atoms with Gasteiger partial charge in [0, 0.05) is 86.2 Å². The predicted octanol–water partition coefficient (Wildman–Crippen LogP) is 0.931. The zero-order valence-corrected chi connectivity index (χ0v) is 32.1. The van der Waals surface area contributed by atoms with E-state index in [9.17, 15) is 38.7 Å². The average Bonchev–Trinajstić information content (AvgIpc) is 3.13. The number of halogens is 1. The molecule has 1 saturated heterocycles. The van der Waals surface area contributed by atoms with Crippen LogP contribution in [0.3, 0.4) is 0 Å². The maximum absolute atomic E-state index is 12.1. The fourth-order valence-corrected chi connectivity index (χ4v) is 6.73. The number of unbranched alkanes of at least 4 members (excludes halogenated alkanes) is 1. The van der Waals surface area contributed by atoms with Crippen LogP contribution in [-0.4, -0.2) is 193 Å². The van der Waals surface area contributed by atoms with Crippen LogP contribution in [0, 0.1) is 0 Å². The minimum atomic E-state index is -1.27. The number of likely N-dealkylation sites (N-methyl/N-ethyl adjacent to an activating group) is 1. The number of carbonyl (C=O) groups is 5. The summed E-state index contributed by atoms with van der Waals surface area (Å²) in [5.41, 5.74) is 1.01. The van der Waals surface area contributed by atoms with Crippen LogP contribution in [-0.2, 0) is 30.4 Å². The molecule has 18 heteroatoms. The Hall–Kier alpha value is -3.31. The SMILES string of the molecule is CCN1CCN(CC=O)CCN(CC(=O)O)CCN(CC(=O)O)C(Cc2ccc(OCCCP(O)CCC(=O)NCCCCF)cc2)C1.CO.O=CO. The summed E-state index contributed by atoms with van der Waals surface area (Å²) in [5.74, 6) is -1.34. The molecular formula is C35H61FN5O11P. The van der Waals surface area contributed by atoms with E-state index in [2.05, 4.69) is 17.1 Å². The van der Waals surface area contributed by atoms with Gasteiger partial charge >= 0.3 is 11.9 Å².